The highest BCUT2D eigenvalue weighted by molar-refractivity contribution is 6.13. The zero-order valence-electron chi connectivity index (χ0n) is 19.0. The van der Waals surface area contributed by atoms with Crippen molar-refractivity contribution in [2.24, 2.45) is 0 Å². The summed E-state index contributed by atoms with van der Waals surface area (Å²) in [5, 5.41) is 19.0. The molecule has 0 unspecified atom stereocenters. The van der Waals surface area contributed by atoms with Crippen molar-refractivity contribution in [3.05, 3.63) is 69.8 Å². The first kappa shape index (κ1) is 26.2. The van der Waals surface area contributed by atoms with Gasteiger partial charge in [0.25, 0.3) is 0 Å². The Morgan fingerprint density at radius 2 is 1.03 bits per heavy atom. The Labute approximate surface area is 196 Å². The van der Waals surface area contributed by atoms with Gasteiger partial charge in [0.1, 0.15) is 0 Å². The van der Waals surface area contributed by atoms with Crippen molar-refractivity contribution in [3.63, 3.8) is 0 Å². The van der Waals surface area contributed by atoms with E-state index in [0.29, 0.717) is 12.8 Å². The second-order valence-electron chi connectivity index (χ2n) is 7.44. The summed E-state index contributed by atoms with van der Waals surface area (Å²) < 4.78 is 10.1. The lowest BCUT2D eigenvalue weighted by molar-refractivity contribution is 0.0484. The summed E-state index contributed by atoms with van der Waals surface area (Å²) in [5.74, 6) is -5.16. The second-order valence-corrected chi connectivity index (χ2v) is 7.44. The number of unbranched alkanes of at least 4 members (excludes halogenated alkanes) is 2. The van der Waals surface area contributed by atoms with E-state index in [-0.39, 0.29) is 35.5 Å². The SMILES string of the molecule is CCCCOC(=O)c1ccc(C(=O)c2ccc(C(=O)OCCCC)c(C(=O)O)c2)cc1C(=O)O. The van der Waals surface area contributed by atoms with Crippen LogP contribution in [-0.2, 0) is 9.47 Å². The molecule has 0 amide bonds. The van der Waals surface area contributed by atoms with Gasteiger partial charge in [-0.1, -0.05) is 38.8 Å². The van der Waals surface area contributed by atoms with Crippen molar-refractivity contribution in [2.45, 2.75) is 39.5 Å². The summed E-state index contributed by atoms with van der Waals surface area (Å²) in [6.07, 6.45) is 2.83. The number of carbonyl (C=O) groups is 5. The van der Waals surface area contributed by atoms with Crippen LogP contribution in [-0.4, -0.2) is 53.1 Å². The third-order valence-electron chi connectivity index (χ3n) is 4.93. The fourth-order valence-corrected chi connectivity index (χ4v) is 3.02. The highest BCUT2D eigenvalue weighted by Crippen LogP contribution is 2.20. The van der Waals surface area contributed by atoms with Crippen LogP contribution in [0.15, 0.2) is 36.4 Å². The van der Waals surface area contributed by atoms with Gasteiger partial charge in [0, 0.05) is 11.1 Å². The molecule has 0 bridgehead atoms. The molecular weight excluding hydrogens is 444 g/mol. The molecule has 0 aliphatic heterocycles. The molecule has 0 heterocycles. The van der Waals surface area contributed by atoms with Crippen molar-refractivity contribution in [2.75, 3.05) is 13.2 Å². The van der Waals surface area contributed by atoms with Gasteiger partial charge >= 0.3 is 23.9 Å². The molecule has 0 aliphatic carbocycles. The van der Waals surface area contributed by atoms with E-state index in [9.17, 15) is 34.2 Å². The maximum Gasteiger partial charge on any atom is 0.339 e. The Balaban J connectivity index is 2.37. The largest absolute Gasteiger partial charge is 0.478 e. The minimum atomic E-state index is -1.42. The standard InChI is InChI=1S/C25H26O9/c1-3-5-11-33-24(31)17-9-7-15(13-19(17)22(27)28)21(26)16-8-10-18(20(14-16)23(29)30)25(32)34-12-6-4-2/h7-10,13-14H,3-6,11-12H2,1-2H3,(H,27,28)(H,29,30). The van der Waals surface area contributed by atoms with Crippen LogP contribution in [0.4, 0.5) is 0 Å². The Morgan fingerprint density at radius 1 is 0.647 bits per heavy atom. The quantitative estimate of drug-likeness (QED) is 0.264. The number of ether oxygens (including phenoxy) is 2. The second kappa shape index (κ2) is 12.3. The number of carbonyl (C=O) groups excluding carboxylic acids is 3. The maximum absolute atomic E-state index is 13.0. The van der Waals surface area contributed by atoms with Gasteiger partial charge in [0.15, 0.2) is 5.78 Å². The fraction of sp³-hybridized carbons (Fsp3) is 0.320. The highest BCUT2D eigenvalue weighted by atomic mass is 16.5. The molecule has 0 saturated carbocycles. The summed E-state index contributed by atoms with van der Waals surface area (Å²) in [6.45, 7) is 4.10. The molecule has 0 spiro atoms. The molecule has 0 fully saturated rings. The van der Waals surface area contributed by atoms with Gasteiger partial charge in [0.2, 0.25) is 0 Å². The highest BCUT2D eigenvalue weighted by Gasteiger charge is 2.23. The molecule has 2 aromatic rings. The molecule has 2 aromatic carbocycles. The summed E-state index contributed by atoms with van der Waals surface area (Å²) in [6, 6.07) is 6.96. The number of esters is 2. The maximum atomic E-state index is 13.0. The predicted molar refractivity (Wildman–Crippen MR) is 121 cm³/mol. The van der Waals surface area contributed by atoms with E-state index in [0.717, 1.165) is 25.0 Å². The first-order valence-corrected chi connectivity index (χ1v) is 10.8. The van der Waals surface area contributed by atoms with Crippen LogP contribution in [0.5, 0.6) is 0 Å². The van der Waals surface area contributed by atoms with Gasteiger partial charge in [-0.2, -0.15) is 0 Å². The Hall–Kier alpha value is -4.01. The first-order chi connectivity index (χ1) is 16.2. The van der Waals surface area contributed by atoms with Gasteiger partial charge in [-0.25, -0.2) is 19.2 Å². The van der Waals surface area contributed by atoms with Crippen LogP contribution >= 0.6 is 0 Å². The average Bonchev–Trinajstić information content (AvgIpc) is 2.82. The lowest BCUT2D eigenvalue weighted by atomic mass is 9.95. The number of carboxylic acid groups (broad SMARTS) is 2. The van der Waals surface area contributed by atoms with Crippen LogP contribution < -0.4 is 0 Å². The van der Waals surface area contributed by atoms with Crippen molar-refractivity contribution >= 4 is 29.7 Å². The molecule has 0 radical (unpaired) electrons. The molecule has 180 valence electrons. The molecule has 9 heteroatoms. The Morgan fingerprint density at radius 3 is 1.35 bits per heavy atom. The monoisotopic (exact) mass is 470 g/mol. The molecular formula is C25H26O9. The number of carboxylic acids is 2. The van der Waals surface area contributed by atoms with E-state index in [4.69, 9.17) is 9.47 Å². The predicted octanol–water partition coefficient (Wildman–Crippen LogP) is 4.23. The van der Waals surface area contributed by atoms with Gasteiger partial charge in [-0.15, -0.1) is 0 Å². The van der Waals surface area contributed by atoms with Crippen LogP contribution in [0.1, 0.15) is 96.9 Å². The van der Waals surface area contributed by atoms with E-state index in [1.807, 2.05) is 13.8 Å². The van der Waals surface area contributed by atoms with Crippen molar-refractivity contribution in [1.82, 2.24) is 0 Å². The molecule has 9 nitrogen and oxygen atoms in total. The lowest BCUT2D eigenvalue weighted by Gasteiger charge is -2.11. The van der Waals surface area contributed by atoms with Crippen LogP contribution in [0.3, 0.4) is 0 Å². The third kappa shape index (κ3) is 6.50. The number of hydrogen-bond acceptors (Lipinski definition) is 7. The summed E-state index contributed by atoms with van der Waals surface area (Å²) >= 11 is 0. The van der Waals surface area contributed by atoms with Crippen molar-refractivity contribution in [1.29, 1.82) is 0 Å². The van der Waals surface area contributed by atoms with E-state index in [1.165, 1.54) is 24.3 Å². The normalized spacial score (nSPS) is 10.4. The van der Waals surface area contributed by atoms with E-state index < -0.39 is 40.8 Å². The first-order valence-electron chi connectivity index (χ1n) is 10.8. The summed E-state index contributed by atoms with van der Waals surface area (Å²) in [7, 11) is 0. The van der Waals surface area contributed by atoms with Crippen LogP contribution in [0, 0.1) is 0 Å². The zero-order valence-corrected chi connectivity index (χ0v) is 19.0. The minimum absolute atomic E-state index is 0.0721. The van der Waals surface area contributed by atoms with E-state index in [2.05, 4.69) is 0 Å². The number of hydrogen-bond donors (Lipinski definition) is 2. The average molecular weight is 470 g/mol. The van der Waals surface area contributed by atoms with Crippen LogP contribution in [0.2, 0.25) is 0 Å². The zero-order chi connectivity index (χ0) is 25.3. The van der Waals surface area contributed by atoms with Crippen LogP contribution in [0.25, 0.3) is 0 Å². The fourth-order valence-electron chi connectivity index (χ4n) is 3.02. The van der Waals surface area contributed by atoms with E-state index >= 15 is 0 Å². The molecule has 2 N–H and O–H groups in total. The van der Waals surface area contributed by atoms with Gasteiger partial charge < -0.3 is 19.7 Å². The topological polar surface area (TPSA) is 144 Å². The lowest BCUT2D eigenvalue weighted by Crippen LogP contribution is -2.15. The Kier molecular flexibility index (Phi) is 9.49. The number of aromatic carboxylic acids is 2. The minimum Gasteiger partial charge on any atom is -0.478 e. The summed E-state index contributed by atoms with van der Waals surface area (Å²) in [5.41, 5.74) is -1.37. The summed E-state index contributed by atoms with van der Waals surface area (Å²) in [4.78, 5) is 60.8. The molecule has 0 saturated heterocycles. The molecule has 34 heavy (non-hydrogen) atoms. The van der Waals surface area contributed by atoms with Crippen molar-refractivity contribution in [3.8, 4) is 0 Å². The van der Waals surface area contributed by atoms with Gasteiger partial charge in [-0.05, 0) is 37.1 Å². The number of benzene rings is 2. The molecule has 2 rings (SSSR count). The molecule has 0 atom stereocenters. The molecule has 0 aromatic heterocycles. The number of rotatable bonds is 12. The van der Waals surface area contributed by atoms with Gasteiger partial charge in [0.05, 0.1) is 35.5 Å². The van der Waals surface area contributed by atoms with Gasteiger partial charge in [-0.3, -0.25) is 4.79 Å². The Bertz CT molecular complexity index is 1020. The van der Waals surface area contributed by atoms with E-state index in [1.54, 1.807) is 0 Å². The molecule has 0 aliphatic rings. The smallest absolute Gasteiger partial charge is 0.339 e. The van der Waals surface area contributed by atoms with Crippen molar-refractivity contribution < 1.29 is 43.7 Å². The number of ketones is 1. The third-order valence-corrected chi connectivity index (χ3v) is 4.93.